The van der Waals surface area contributed by atoms with Crippen molar-refractivity contribution in [2.75, 3.05) is 27.9 Å². The molecule has 2 aromatic carbocycles. The Morgan fingerprint density at radius 1 is 1.10 bits per heavy atom. The van der Waals surface area contributed by atoms with E-state index in [1.807, 2.05) is 13.8 Å². The molecule has 9 nitrogen and oxygen atoms in total. The fraction of sp³-hybridized carbons (Fsp3) is 0.345. The van der Waals surface area contributed by atoms with Gasteiger partial charge < -0.3 is 23.7 Å². The Morgan fingerprint density at radius 2 is 1.77 bits per heavy atom. The van der Waals surface area contributed by atoms with Gasteiger partial charge in [0.1, 0.15) is 5.75 Å². The summed E-state index contributed by atoms with van der Waals surface area (Å²) in [6.45, 7) is 7.45. The van der Waals surface area contributed by atoms with E-state index in [9.17, 15) is 9.59 Å². The van der Waals surface area contributed by atoms with Gasteiger partial charge in [0, 0.05) is 10.6 Å². The molecular formula is C29H31ClN2O7S. The van der Waals surface area contributed by atoms with Crippen molar-refractivity contribution in [2.24, 2.45) is 4.99 Å². The summed E-state index contributed by atoms with van der Waals surface area (Å²) in [7, 11) is 4.51. The molecule has 0 spiro atoms. The standard InChI is InChI=1S/C29H31ClN2O7S/c1-8-38-28(34)24-16(4)31-29-32(25(24)18-12-21(35-5)26(37-7)22(13-18)36-6)27(33)23(40-29)14-17-11-19(30)9-10-20(17)39-15(2)3/h9-15,25H,8H2,1-7H3/b23-14+/t25-/m1/s1. The zero-order valence-corrected chi connectivity index (χ0v) is 24.9. The number of ether oxygens (including phenoxy) is 5. The van der Waals surface area contributed by atoms with Crippen LogP contribution in [-0.4, -0.2) is 44.6 Å². The molecule has 0 N–H and O–H groups in total. The molecule has 1 aliphatic heterocycles. The number of hydrogen-bond acceptors (Lipinski definition) is 9. The molecule has 40 heavy (non-hydrogen) atoms. The maximum absolute atomic E-state index is 14.0. The highest BCUT2D eigenvalue weighted by Crippen LogP contribution is 2.42. The van der Waals surface area contributed by atoms with E-state index >= 15 is 0 Å². The van der Waals surface area contributed by atoms with Crippen LogP contribution in [-0.2, 0) is 9.53 Å². The number of esters is 1. The Kier molecular flexibility index (Phi) is 8.90. The third kappa shape index (κ3) is 5.59. The lowest BCUT2D eigenvalue weighted by Gasteiger charge is -2.26. The highest BCUT2D eigenvalue weighted by atomic mass is 35.5. The third-order valence-electron chi connectivity index (χ3n) is 6.14. The molecule has 0 bridgehead atoms. The first-order chi connectivity index (χ1) is 19.1. The maximum Gasteiger partial charge on any atom is 0.338 e. The number of halogens is 1. The second-order valence-corrected chi connectivity index (χ2v) is 10.6. The van der Waals surface area contributed by atoms with Crippen molar-refractivity contribution < 1.29 is 28.5 Å². The Labute approximate surface area is 240 Å². The highest BCUT2D eigenvalue weighted by Gasteiger charge is 2.34. The minimum absolute atomic E-state index is 0.0793. The number of benzene rings is 2. The molecule has 1 atom stereocenters. The van der Waals surface area contributed by atoms with Crippen molar-refractivity contribution in [3.05, 3.63) is 77.4 Å². The largest absolute Gasteiger partial charge is 0.493 e. The zero-order chi connectivity index (χ0) is 29.1. The van der Waals surface area contributed by atoms with Gasteiger partial charge in [-0.1, -0.05) is 22.9 Å². The van der Waals surface area contributed by atoms with Gasteiger partial charge in [-0.15, -0.1) is 0 Å². The van der Waals surface area contributed by atoms with Gasteiger partial charge in [-0.25, -0.2) is 9.79 Å². The number of aromatic nitrogens is 1. The molecule has 212 valence electrons. The Morgan fingerprint density at radius 3 is 2.35 bits per heavy atom. The van der Waals surface area contributed by atoms with Gasteiger partial charge in [0.25, 0.3) is 5.56 Å². The van der Waals surface area contributed by atoms with Crippen molar-refractivity contribution in [3.63, 3.8) is 0 Å². The quantitative estimate of drug-likeness (QED) is 0.346. The summed E-state index contributed by atoms with van der Waals surface area (Å²) >= 11 is 7.49. The summed E-state index contributed by atoms with van der Waals surface area (Å²) in [5.41, 5.74) is 1.55. The van der Waals surface area contributed by atoms with E-state index in [-0.39, 0.29) is 23.8 Å². The zero-order valence-electron chi connectivity index (χ0n) is 23.4. The van der Waals surface area contributed by atoms with Crippen molar-refractivity contribution in [1.82, 2.24) is 4.57 Å². The lowest BCUT2D eigenvalue weighted by Crippen LogP contribution is -2.40. The van der Waals surface area contributed by atoms with Crippen LogP contribution in [0.25, 0.3) is 6.08 Å². The van der Waals surface area contributed by atoms with Crippen molar-refractivity contribution in [3.8, 4) is 23.0 Å². The Bertz CT molecular complexity index is 1630. The fourth-order valence-corrected chi connectivity index (χ4v) is 5.72. The SMILES string of the molecule is CCOC(=O)C1=C(C)N=c2s/c(=C/c3cc(Cl)ccc3OC(C)C)c(=O)n2[C@@H]1c1cc(OC)c(OC)c(OC)c1. The molecule has 0 amide bonds. The van der Waals surface area contributed by atoms with Gasteiger partial charge in [-0.3, -0.25) is 9.36 Å². The van der Waals surface area contributed by atoms with Gasteiger partial charge in [-0.2, -0.15) is 0 Å². The smallest absolute Gasteiger partial charge is 0.338 e. The van der Waals surface area contributed by atoms with Crippen LogP contribution in [0.5, 0.6) is 23.0 Å². The van der Waals surface area contributed by atoms with Crippen LogP contribution in [0.15, 0.2) is 51.4 Å². The topological polar surface area (TPSA) is 97.6 Å². The summed E-state index contributed by atoms with van der Waals surface area (Å²) in [5.74, 6) is 1.17. The molecule has 11 heteroatoms. The summed E-state index contributed by atoms with van der Waals surface area (Å²) in [6, 6.07) is 7.81. The van der Waals surface area contributed by atoms with Gasteiger partial charge in [-0.05, 0) is 69.7 Å². The summed E-state index contributed by atoms with van der Waals surface area (Å²) in [4.78, 5) is 32.3. The molecular weight excluding hydrogens is 556 g/mol. The molecule has 4 rings (SSSR count). The van der Waals surface area contributed by atoms with Crippen LogP contribution in [0, 0.1) is 0 Å². The maximum atomic E-state index is 14.0. The number of hydrogen-bond donors (Lipinski definition) is 0. The number of thiazole rings is 1. The van der Waals surface area contributed by atoms with Crippen LogP contribution in [0.4, 0.5) is 0 Å². The first kappa shape index (κ1) is 29.2. The first-order valence-electron chi connectivity index (χ1n) is 12.6. The minimum Gasteiger partial charge on any atom is -0.493 e. The summed E-state index contributed by atoms with van der Waals surface area (Å²) < 4.78 is 29.8. The number of fused-ring (bicyclic) bond motifs is 1. The predicted molar refractivity (Wildman–Crippen MR) is 154 cm³/mol. The molecule has 1 aliphatic rings. The van der Waals surface area contributed by atoms with E-state index in [0.29, 0.717) is 54.2 Å². The average Bonchev–Trinajstić information content (AvgIpc) is 3.22. The van der Waals surface area contributed by atoms with E-state index in [1.54, 1.807) is 50.3 Å². The Hall–Kier alpha value is -3.76. The molecule has 2 heterocycles. The van der Waals surface area contributed by atoms with Gasteiger partial charge in [0.2, 0.25) is 5.75 Å². The fourth-order valence-electron chi connectivity index (χ4n) is 4.50. The second-order valence-electron chi connectivity index (χ2n) is 9.11. The number of carbonyl (C=O) groups is 1. The normalized spacial score (nSPS) is 15.0. The number of allylic oxidation sites excluding steroid dienone is 1. The van der Waals surface area contributed by atoms with Crippen molar-refractivity contribution in [2.45, 2.75) is 39.8 Å². The van der Waals surface area contributed by atoms with E-state index < -0.39 is 12.0 Å². The predicted octanol–water partition coefficient (Wildman–Crippen LogP) is 4.26. The van der Waals surface area contributed by atoms with E-state index in [2.05, 4.69) is 4.99 Å². The van der Waals surface area contributed by atoms with E-state index in [4.69, 9.17) is 35.3 Å². The van der Waals surface area contributed by atoms with Crippen LogP contribution in [0.3, 0.4) is 0 Å². The van der Waals surface area contributed by atoms with Gasteiger partial charge in [0.15, 0.2) is 16.3 Å². The number of methoxy groups -OCH3 is 3. The summed E-state index contributed by atoms with van der Waals surface area (Å²) in [5, 5.41) is 0.505. The number of nitrogens with zero attached hydrogens (tertiary/aromatic N) is 2. The number of carbonyl (C=O) groups excluding carboxylic acids is 1. The number of rotatable bonds is 9. The molecule has 0 fully saturated rings. The molecule has 0 aliphatic carbocycles. The van der Waals surface area contributed by atoms with Gasteiger partial charge in [0.05, 0.1) is 55.9 Å². The van der Waals surface area contributed by atoms with E-state index in [1.165, 1.54) is 37.2 Å². The average molecular weight is 587 g/mol. The third-order valence-corrected chi connectivity index (χ3v) is 7.36. The van der Waals surface area contributed by atoms with Crippen LogP contribution in [0.1, 0.15) is 44.9 Å². The first-order valence-corrected chi connectivity index (χ1v) is 13.8. The molecule has 0 saturated heterocycles. The molecule has 1 aromatic heterocycles. The summed E-state index contributed by atoms with van der Waals surface area (Å²) in [6.07, 6.45) is 1.65. The molecule has 0 radical (unpaired) electrons. The Balaban J connectivity index is 2.02. The van der Waals surface area contributed by atoms with E-state index in [0.717, 1.165) is 0 Å². The second kappa shape index (κ2) is 12.2. The van der Waals surface area contributed by atoms with Gasteiger partial charge >= 0.3 is 5.97 Å². The highest BCUT2D eigenvalue weighted by molar-refractivity contribution is 7.07. The molecule has 3 aromatic rings. The van der Waals surface area contributed by atoms with Crippen molar-refractivity contribution >= 4 is 35.0 Å². The van der Waals surface area contributed by atoms with Crippen molar-refractivity contribution in [1.29, 1.82) is 0 Å². The molecule has 0 saturated carbocycles. The minimum atomic E-state index is -0.864. The van der Waals surface area contributed by atoms with Crippen LogP contribution >= 0.6 is 22.9 Å². The van der Waals surface area contributed by atoms with Crippen LogP contribution in [0.2, 0.25) is 5.02 Å². The molecule has 0 unspecified atom stereocenters. The lowest BCUT2D eigenvalue weighted by molar-refractivity contribution is -0.139. The lowest BCUT2D eigenvalue weighted by atomic mass is 9.95. The monoisotopic (exact) mass is 586 g/mol. The van der Waals surface area contributed by atoms with Crippen LogP contribution < -0.4 is 33.8 Å².